The average molecular weight is 493 g/mol. The Bertz CT molecular complexity index is 1210. The molecule has 0 unspecified atom stereocenters. The van der Waals surface area contributed by atoms with Crippen molar-refractivity contribution in [3.8, 4) is 0 Å². The molecule has 2 aromatic rings. The van der Waals surface area contributed by atoms with Gasteiger partial charge in [-0.2, -0.15) is 13.2 Å². The first-order valence-corrected chi connectivity index (χ1v) is 12.2. The molecular formula is C29H27F3N2O2. The van der Waals surface area contributed by atoms with Gasteiger partial charge < -0.3 is 9.80 Å². The molecule has 0 bridgehead atoms. The van der Waals surface area contributed by atoms with Crippen molar-refractivity contribution >= 4 is 11.8 Å². The van der Waals surface area contributed by atoms with Crippen LogP contribution in [0.5, 0.6) is 0 Å². The maximum Gasteiger partial charge on any atom is 0.416 e. The third kappa shape index (κ3) is 4.38. The van der Waals surface area contributed by atoms with Gasteiger partial charge in [0.15, 0.2) is 0 Å². The van der Waals surface area contributed by atoms with Crippen molar-refractivity contribution in [1.82, 2.24) is 9.80 Å². The van der Waals surface area contributed by atoms with Crippen molar-refractivity contribution in [3.05, 3.63) is 107 Å². The Hall–Kier alpha value is -3.61. The quantitative estimate of drug-likeness (QED) is 0.532. The number of allylic oxidation sites excluding steroid dienone is 3. The van der Waals surface area contributed by atoms with Crippen LogP contribution in [-0.2, 0) is 15.0 Å². The molecule has 186 valence electrons. The monoisotopic (exact) mass is 492 g/mol. The third-order valence-electron chi connectivity index (χ3n) is 7.34. The van der Waals surface area contributed by atoms with Gasteiger partial charge in [0.25, 0.3) is 0 Å². The van der Waals surface area contributed by atoms with Gasteiger partial charge in [0.05, 0.1) is 12.1 Å². The lowest BCUT2D eigenvalue weighted by Gasteiger charge is -2.29. The van der Waals surface area contributed by atoms with E-state index in [1.54, 1.807) is 6.20 Å². The highest BCUT2D eigenvalue weighted by Crippen LogP contribution is 2.42. The van der Waals surface area contributed by atoms with Gasteiger partial charge in [-0.15, -0.1) is 0 Å². The van der Waals surface area contributed by atoms with E-state index in [-0.39, 0.29) is 31.2 Å². The number of nitrogens with zero attached hydrogens (tertiary/aromatic N) is 2. The first-order chi connectivity index (χ1) is 17.3. The Kier molecular flexibility index (Phi) is 6.33. The highest BCUT2D eigenvalue weighted by atomic mass is 19.4. The van der Waals surface area contributed by atoms with Crippen LogP contribution < -0.4 is 0 Å². The normalized spacial score (nSPS) is 19.1. The van der Waals surface area contributed by atoms with Gasteiger partial charge in [0, 0.05) is 25.7 Å². The highest BCUT2D eigenvalue weighted by Gasteiger charge is 2.49. The number of benzene rings is 2. The largest absolute Gasteiger partial charge is 0.416 e. The number of halogens is 3. The molecule has 7 heteroatoms. The lowest BCUT2D eigenvalue weighted by molar-refractivity contribution is -0.132. The number of rotatable bonds is 6. The smallest absolute Gasteiger partial charge is 0.342 e. The summed E-state index contributed by atoms with van der Waals surface area (Å²) in [6, 6.07) is 19.6. The Morgan fingerprint density at radius 1 is 0.944 bits per heavy atom. The summed E-state index contributed by atoms with van der Waals surface area (Å²) in [5.41, 5.74) is 1.83. The van der Waals surface area contributed by atoms with E-state index in [0.717, 1.165) is 28.9 Å². The third-order valence-corrected chi connectivity index (χ3v) is 7.34. The number of hydrogen-bond donors (Lipinski definition) is 0. The lowest BCUT2D eigenvalue weighted by atomic mass is 9.73. The zero-order valence-electron chi connectivity index (χ0n) is 19.8. The summed E-state index contributed by atoms with van der Waals surface area (Å²) in [7, 11) is 0. The SMILES string of the molecule is O=C(CCCN1CCC(c2ccccc2)(c2ccccc2)C1=O)N1C=C2CC=C(C(F)(F)F)C=C2C1. The number of carbonyl (C=O) groups is 2. The number of hydrogen-bond acceptors (Lipinski definition) is 2. The zero-order chi connectivity index (χ0) is 25.3. The van der Waals surface area contributed by atoms with Gasteiger partial charge in [0.1, 0.15) is 5.41 Å². The summed E-state index contributed by atoms with van der Waals surface area (Å²) in [5, 5.41) is 0. The molecule has 1 aliphatic carbocycles. The molecule has 2 aromatic carbocycles. The minimum absolute atomic E-state index is 0.0394. The lowest BCUT2D eigenvalue weighted by Crippen LogP contribution is -2.39. The van der Waals surface area contributed by atoms with Gasteiger partial charge in [0.2, 0.25) is 11.8 Å². The fraction of sp³-hybridized carbons (Fsp3) is 0.310. The molecule has 0 N–H and O–H groups in total. The topological polar surface area (TPSA) is 40.6 Å². The summed E-state index contributed by atoms with van der Waals surface area (Å²) < 4.78 is 39.1. The van der Waals surface area contributed by atoms with Crippen molar-refractivity contribution in [1.29, 1.82) is 0 Å². The van der Waals surface area contributed by atoms with Gasteiger partial charge in [-0.25, -0.2) is 0 Å². The average Bonchev–Trinajstić information content (AvgIpc) is 3.46. The Morgan fingerprint density at radius 2 is 1.58 bits per heavy atom. The van der Waals surface area contributed by atoms with Crippen LogP contribution in [0.2, 0.25) is 0 Å². The molecule has 0 saturated carbocycles. The van der Waals surface area contributed by atoms with E-state index in [1.807, 2.05) is 65.6 Å². The molecule has 1 saturated heterocycles. The van der Waals surface area contributed by atoms with Crippen molar-refractivity contribution in [2.24, 2.45) is 0 Å². The molecule has 2 aliphatic heterocycles. The van der Waals surface area contributed by atoms with Crippen molar-refractivity contribution in [3.63, 3.8) is 0 Å². The molecule has 0 radical (unpaired) electrons. The Labute approximate surface area is 208 Å². The molecule has 0 aromatic heterocycles. The van der Waals surface area contributed by atoms with Crippen molar-refractivity contribution < 1.29 is 22.8 Å². The van der Waals surface area contributed by atoms with Crippen molar-refractivity contribution in [2.45, 2.75) is 37.3 Å². The number of likely N-dealkylation sites (tertiary alicyclic amines) is 1. The zero-order valence-corrected chi connectivity index (χ0v) is 19.8. The van der Waals surface area contributed by atoms with E-state index in [0.29, 0.717) is 31.5 Å². The second kappa shape index (κ2) is 9.45. The summed E-state index contributed by atoms with van der Waals surface area (Å²) in [6.07, 6.45) is 1.13. The molecule has 36 heavy (non-hydrogen) atoms. The predicted octanol–water partition coefficient (Wildman–Crippen LogP) is 5.53. The minimum atomic E-state index is -4.38. The first kappa shape index (κ1) is 24.1. The van der Waals surface area contributed by atoms with Crippen LogP contribution in [0.25, 0.3) is 0 Å². The second-order valence-corrected chi connectivity index (χ2v) is 9.49. The molecule has 0 atom stereocenters. The number of amides is 2. The van der Waals surface area contributed by atoms with Crippen LogP contribution in [0.3, 0.4) is 0 Å². The van der Waals surface area contributed by atoms with Gasteiger partial charge in [-0.05, 0) is 47.6 Å². The van der Waals surface area contributed by atoms with E-state index >= 15 is 0 Å². The number of fused-ring (bicyclic) bond motifs is 1. The number of carbonyl (C=O) groups excluding carboxylic acids is 2. The molecule has 1 fully saturated rings. The standard InChI is InChI=1S/C29H27F3N2O2/c30-29(31,32)25-14-13-21-19-34(20-22(21)18-25)26(35)12-7-16-33-17-15-28(27(33)36,23-8-3-1-4-9-23)24-10-5-2-6-11-24/h1-6,8-11,14,18-19H,7,12-13,15-17,20H2. The summed E-state index contributed by atoms with van der Waals surface area (Å²) in [6.45, 7) is 1.22. The molecule has 2 amide bonds. The molecule has 3 aliphatic rings. The maximum atomic E-state index is 13.8. The van der Waals surface area contributed by atoms with Crippen LogP contribution in [0.4, 0.5) is 13.2 Å². The Balaban J connectivity index is 1.22. The molecule has 5 rings (SSSR count). The Morgan fingerprint density at radius 3 is 2.19 bits per heavy atom. The van der Waals surface area contributed by atoms with Crippen LogP contribution in [0.1, 0.15) is 36.8 Å². The minimum Gasteiger partial charge on any atom is -0.342 e. The predicted molar refractivity (Wildman–Crippen MR) is 131 cm³/mol. The van der Waals surface area contributed by atoms with Gasteiger partial charge in [-0.3, -0.25) is 9.59 Å². The highest BCUT2D eigenvalue weighted by molar-refractivity contribution is 5.94. The van der Waals surface area contributed by atoms with E-state index in [9.17, 15) is 22.8 Å². The van der Waals surface area contributed by atoms with E-state index in [1.165, 1.54) is 4.90 Å². The molecule has 4 nitrogen and oxygen atoms in total. The summed E-state index contributed by atoms with van der Waals surface area (Å²) in [5.74, 6) is -0.104. The molecule has 0 spiro atoms. The van der Waals surface area contributed by atoms with Crippen LogP contribution in [-0.4, -0.2) is 47.4 Å². The van der Waals surface area contributed by atoms with Crippen LogP contribution >= 0.6 is 0 Å². The fourth-order valence-corrected chi connectivity index (χ4v) is 5.45. The maximum absolute atomic E-state index is 13.8. The molecule has 2 heterocycles. The summed E-state index contributed by atoms with van der Waals surface area (Å²) in [4.78, 5) is 29.9. The van der Waals surface area contributed by atoms with E-state index in [4.69, 9.17) is 0 Å². The van der Waals surface area contributed by atoms with E-state index < -0.39 is 17.2 Å². The van der Waals surface area contributed by atoms with Crippen molar-refractivity contribution in [2.75, 3.05) is 19.6 Å². The fourth-order valence-electron chi connectivity index (χ4n) is 5.45. The van der Waals surface area contributed by atoms with Crippen LogP contribution in [0.15, 0.2) is 95.7 Å². The second-order valence-electron chi connectivity index (χ2n) is 9.49. The van der Waals surface area contributed by atoms with Crippen LogP contribution in [0, 0.1) is 0 Å². The molecular weight excluding hydrogens is 465 g/mol. The van der Waals surface area contributed by atoms with Gasteiger partial charge >= 0.3 is 6.18 Å². The van der Waals surface area contributed by atoms with E-state index in [2.05, 4.69) is 0 Å². The number of alkyl halides is 3. The summed E-state index contributed by atoms with van der Waals surface area (Å²) >= 11 is 0. The van der Waals surface area contributed by atoms with Gasteiger partial charge in [-0.1, -0.05) is 66.7 Å². The first-order valence-electron chi connectivity index (χ1n) is 12.2.